The molecule has 0 aromatic heterocycles. The molecule has 1 aliphatic heterocycles. The summed E-state index contributed by atoms with van der Waals surface area (Å²) in [6.45, 7) is 5.66. The Kier molecular flexibility index (Phi) is 4.75. The largest absolute Gasteiger partial charge is 0.465 e. The maximum Gasteiger partial charge on any atom is 0.323 e. The Labute approximate surface area is 90.6 Å². The van der Waals surface area contributed by atoms with Crippen molar-refractivity contribution in [2.45, 2.75) is 39.2 Å². The molecule has 0 aromatic carbocycles. The maximum absolute atomic E-state index is 11.5. The molecule has 0 spiro atoms. The van der Waals surface area contributed by atoms with Gasteiger partial charge in [0.25, 0.3) is 0 Å². The van der Waals surface area contributed by atoms with Crippen LogP contribution in [-0.4, -0.2) is 42.4 Å². The highest BCUT2D eigenvalue weighted by atomic mass is 16.5. The van der Waals surface area contributed by atoms with Crippen molar-refractivity contribution < 1.29 is 14.3 Å². The van der Waals surface area contributed by atoms with Gasteiger partial charge in [-0.15, -0.1) is 0 Å². The van der Waals surface area contributed by atoms with Crippen LogP contribution in [0.4, 0.5) is 0 Å². The molecule has 0 radical (unpaired) electrons. The van der Waals surface area contributed by atoms with Crippen LogP contribution in [-0.2, 0) is 14.3 Å². The fourth-order valence-corrected chi connectivity index (χ4v) is 1.63. The van der Waals surface area contributed by atoms with Gasteiger partial charge in [0, 0.05) is 25.9 Å². The average Bonchev–Trinajstić information content (AvgIpc) is 2.26. The van der Waals surface area contributed by atoms with Gasteiger partial charge in [0.15, 0.2) is 0 Å². The van der Waals surface area contributed by atoms with Crippen LogP contribution in [0.2, 0.25) is 0 Å². The highest BCUT2D eigenvalue weighted by molar-refractivity contribution is 5.80. The Morgan fingerprint density at radius 2 is 2.07 bits per heavy atom. The van der Waals surface area contributed by atoms with Crippen molar-refractivity contribution in [2.75, 3.05) is 19.7 Å². The van der Waals surface area contributed by atoms with E-state index in [1.807, 2.05) is 18.7 Å². The summed E-state index contributed by atoms with van der Waals surface area (Å²) in [5.74, 6) is 0.117. The molecule has 0 amide bonds. The van der Waals surface area contributed by atoms with E-state index in [0.29, 0.717) is 38.3 Å². The number of ether oxygens (including phenoxy) is 1. The Hall–Kier alpha value is -0.900. The quantitative estimate of drug-likeness (QED) is 0.653. The first-order chi connectivity index (χ1) is 7.15. The van der Waals surface area contributed by atoms with Gasteiger partial charge >= 0.3 is 5.97 Å². The summed E-state index contributed by atoms with van der Waals surface area (Å²) in [6.07, 6.45) is 1.97. The molecule has 86 valence electrons. The van der Waals surface area contributed by atoms with Crippen LogP contribution in [0.1, 0.15) is 33.1 Å². The fraction of sp³-hybridized carbons (Fsp3) is 0.818. The van der Waals surface area contributed by atoms with Crippen LogP contribution in [0.3, 0.4) is 0 Å². The molecule has 0 aliphatic carbocycles. The minimum Gasteiger partial charge on any atom is -0.465 e. The number of hydrogen-bond donors (Lipinski definition) is 0. The predicted molar refractivity (Wildman–Crippen MR) is 56.5 cm³/mol. The van der Waals surface area contributed by atoms with Crippen LogP contribution in [0.5, 0.6) is 0 Å². The van der Waals surface area contributed by atoms with Crippen LogP contribution in [0.15, 0.2) is 0 Å². The van der Waals surface area contributed by atoms with Crippen LogP contribution in [0, 0.1) is 0 Å². The predicted octanol–water partition coefficient (Wildman–Crippen LogP) is 0.993. The minimum absolute atomic E-state index is 0.175. The summed E-state index contributed by atoms with van der Waals surface area (Å²) in [5, 5.41) is 0. The van der Waals surface area contributed by atoms with E-state index in [0.717, 1.165) is 6.42 Å². The molecule has 0 bridgehead atoms. The number of piperidine rings is 1. The van der Waals surface area contributed by atoms with E-state index in [4.69, 9.17) is 4.74 Å². The lowest BCUT2D eigenvalue weighted by Crippen LogP contribution is -2.44. The number of nitrogens with zero attached hydrogens (tertiary/aromatic N) is 1. The molecule has 4 nitrogen and oxygen atoms in total. The third-order valence-corrected chi connectivity index (χ3v) is 2.69. The molecule has 0 N–H and O–H groups in total. The van der Waals surface area contributed by atoms with Gasteiger partial charge in [-0.3, -0.25) is 14.5 Å². The zero-order valence-corrected chi connectivity index (χ0v) is 9.49. The number of esters is 1. The molecule has 1 unspecified atom stereocenters. The van der Waals surface area contributed by atoms with E-state index in [-0.39, 0.29) is 12.0 Å². The summed E-state index contributed by atoms with van der Waals surface area (Å²) in [7, 11) is 0. The van der Waals surface area contributed by atoms with Gasteiger partial charge < -0.3 is 4.74 Å². The van der Waals surface area contributed by atoms with Crippen molar-refractivity contribution in [1.82, 2.24) is 4.90 Å². The lowest BCUT2D eigenvalue weighted by atomic mass is 10.1. The van der Waals surface area contributed by atoms with Crippen molar-refractivity contribution in [3.8, 4) is 0 Å². The fourth-order valence-electron chi connectivity index (χ4n) is 1.63. The zero-order valence-electron chi connectivity index (χ0n) is 9.49. The summed E-state index contributed by atoms with van der Waals surface area (Å²) < 4.78 is 5.07. The van der Waals surface area contributed by atoms with E-state index in [1.165, 1.54) is 0 Å². The molecule has 1 saturated heterocycles. The SMILES string of the molecule is CCCOC(=O)C(C)N1CCC(=O)CC1. The lowest BCUT2D eigenvalue weighted by molar-refractivity contribution is -0.150. The van der Waals surface area contributed by atoms with Gasteiger partial charge in [-0.2, -0.15) is 0 Å². The van der Waals surface area contributed by atoms with Gasteiger partial charge in [0.1, 0.15) is 11.8 Å². The first kappa shape index (κ1) is 12.2. The first-order valence-electron chi connectivity index (χ1n) is 5.57. The molecular formula is C11H19NO3. The Bertz CT molecular complexity index is 230. The van der Waals surface area contributed by atoms with Gasteiger partial charge in [-0.1, -0.05) is 6.92 Å². The number of likely N-dealkylation sites (tertiary alicyclic amines) is 1. The number of rotatable bonds is 4. The van der Waals surface area contributed by atoms with Crippen LogP contribution in [0.25, 0.3) is 0 Å². The first-order valence-corrected chi connectivity index (χ1v) is 5.57. The summed E-state index contributed by atoms with van der Waals surface area (Å²) in [6, 6.07) is -0.218. The van der Waals surface area contributed by atoms with E-state index >= 15 is 0 Å². The summed E-state index contributed by atoms with van der Waals surface area (Å²) in [4.78, 5) is 24.6. The molecule has 0 aromatic rings. The topological polar surface area (TPSA) is 46.6 Å². The Morgan fingerprint density at radius 1 is 1.47 bits per heavy atom. The smallest absolute Gasteiger partial charge is 0.323 e. The van der Waals surface area contributed by atoms with E-state index in [1.54, 1.807) is 0 Å². The standard InChI is InChI=1S/C11H19NO3/c1-3-8-15-11(14)9(2)12-6-4-10(13)5-7-12/h9H,3-8H2,1-2H3. The highest BCUT2D eigenvalue weighted by Gasteiger charge is 2.26. The highest BCUT2D eigenvalue weighted by Crippen LogP contribution is 2.10. The normalized spacial score (nSPS) is 20.0. The molecule has 1 rings (SSSR count). The maximum atomic E-state index is 11.5. The van der Waals surface area contributed by atoms with Crippen LogP contribution < -0.4 is 0 Å². The molecule has 1 aliphatic rings. The third-order valence-electron chi connectivity index (χ3n) is 2.69. The number of ketones is 1. The Balaban J connectivity index is 2.35. The van der Waals surface area contributed by atoms with Crippen molar-refractivity contribution in [2.24, 2.45) is 0 Å². The second kappa shape index (κ2) is 5.85. The third kappa shape index (κ3) is 3.63. The van der Waals surface area contributed by atoms with Gasteiger partial charge in [0.05, 0.1) is 6.61 Å². The van der Waals surface area contributed by atoms with E-state index < -0.39 is 0 Å². The molecule has 15 heavy (non-hydrogen) atoms. The van der Waals surface area contributed by atoms with Gasteiger partial charge in [-0.25, -0.2) is 0 Å². The monoisotopic (exact) mass is 213 g/mol. The van der Waals surface area contributed by atoms with E-state index in [2.05, 4.69) is 0 Å². The Morgan fingerprint density at radius 3 is 2.60 bits per heavy atom. The second-order valence-electron chi connectivity index (χ2n) is 3.92. The molecule has 4 heteroatoms. The van der Waals surface area contributed by atoms with Crippen molar-refractivity contribution >= 4 is 11.8 Å². The lowest BCUT2D eigenvalue weighted by Gasteiger charge is -2.30. The van der Waals surface area contributed by atoms with Gasteiger partial charge in [0.2, 0.25) is 0 Å². The van der Waals surface area contributed by atoms with Crippen LogP contribution >= 0.6 is 0 Å². The zero-order chi connectivity index (χ0) is 11.3. The molecular weight excluding hydrogens is 194 g/mol. The minimum atomic E-state index is -0.218. The number of Topliss-reactive ketones (excluding diaryl/α,β-unsaturated/α-hetero) is 1. The van der Waals surface area contributed by atoms with E-state index in [9.17, 15) is 9.59 Å². The van der Waals surface area contributed by atoms with Crippen molar-refractivity contribution in [1.29, 1.82) is 0 Å². The average molecular weight is 213 g/mol. The van der Waals surface area contributed by atoms with Crippen molar-refractivity contribution in [3.05, 3.63) is 0 Å². The number of hydrogen-bond acceptors (Lipinski definition) is 4. The van der Waals surface area contributed by atoms with Crippen molar-refractivity contribution in [3.63, 3.8) is 0 Å². The molecule has 1 atom stereocenters. The summed E-state index contributed by atoms with van der Waals surface area (Å²) >= 11 is 0. The second-order valence-corrected chi connectivity index (χ2v) is 3.92. The summed E-state index contributed by atoms with van der Waals surface area (Å²) in [5.41, 5.74) is 0. The molecule has 0 saturated carbocycles. The molecule has 1 heterocycles. The van der Waals surface area contributed by atoms with Gasteiger partial charge in [-0.05, 0) is 13.3 Å². The number of carbonyl (C=O) groups excluding carboxylic acids is 2. The number of carbonyl (C=O) groups is 2. The molecule has 1 fully saturated rings.